The van der Waals surface area contributed by atoms with Crippen molar-refractivity contribution in [3.8, 4) is 33.4 Å². The number of hydrogen-bond acceptors (Lipinski definition) is 2. The Kier molecular flexibility index (Phi) is 7.18. The van der Waals surface area contributed by atoms with Gasteiger partial charge in [-0.3, -0.25) is 0 Å². The third kappa shape index (κ3) is 5.21. The Balaban J connectivity index is 1.10. The molecule has 2 nitrogen and oxygen atoms in total. The maximum Gasteiger partial charge on any atom is 0.136 e. The number of furan rings is 1. The van der Waals surface area contributed by atoms with Gasteiger partial charge in [-0.05, 0) is 104 Å². The zero-order chi connectivity index (χ0) is 34.4. The first-order valence-corrected chi connectivity index (χ1v) is 17.8. The van der Waals surface area contributed by atoms with Crippen LogP contribution in [0.2, 0.25) is 0 Å². The fraction of sp³-hybridized carbons (Fsp3) is 0. The van der Waals surface area contributed by atoms with Gasteiger partial charge in [0.1, 0.15) is 11.2 Å². The summed E-state index contributed by atoms with van der Waals surface area (Å²) in [6, 6.07) is 71.8. The van der Waals surface area contributed by atoms with E-state index < -0.39 is 0 Å². The summed E-state index contributed by atoms with van der Waals surface area (Å²) in [6.45, 7) is 0. The number of benzene rings is 9. The first-order chi connectivity index (χ1) is 25.8. The van der Waals surface area contributed by atoms with E-state index in [4.69, 9.17) is 4.42 Å². The molecular weight excluding hydrogens is 631 g/mol. The quantitative estimate of drug-likeness (QED) is 0.176. The van der Waals surface area contributed by atoms with Crippen LogP contribution >= 0.6 is 0 Å². The third-order valence-electron chi connectivity index (χ3n) is 10.3. The van der Waals surface area contributed by atoms with Crippen molar-refractivity contribution >= 4 is 60.5 Å². The van der Waals surface area contributed by atoms with Crippen LogP contribution in [-0.2, 0) is 0 Å². The molecule has 0 N–H and O–H groups in total. The summed E-state index contributed by atoms with van der Waals surface area (Å²) in [7, 11) is 0. The molecule has 1 aromatic heterocycles. The minimum atomic E-state index is 0.888. The number of nitrogens with zero attached hydrogens (tertiary/aromatic N) is 1. The van der Waals surface area contributed by atoms with E-state index in [0.717, 1.165) is 50.1 Å². The van der Waals surface area contributed by atoms with Crippen molar-refractivity contribution < 1.29 is 4.42 Å². The van der Waals surface area contributed by atoms with E-state index in [1.54, 1.807) is 0 Å². The van der Waals surface area contributed by atoms with Crippen molar-refractivity contribution in [1.29, 1.82) is 0 Å². The van der Waals surface area contributed by atoms with Gasteiger partial charge in [0.2, 0.25) is 0 Å². The fourth-order valence-electron chi connectivity index (χ4n) is 7.67. The lowest BCUT2D eigenvalue weighted by molar-refractivity contribution is 0.669. The second kappa shape index (κ2) is 12.5. The van der Waals surface area contributed by atoms with Crippen LogP contribution in [0.5, 0.6) is 0 Å². The van der Waals surface area contributed by atoms with Gasteiger partial charge in [-0.1, -0.05) is 146 Å². The molecule has 52 heavy (non-hydrogen) atoms. The monoisotopic (exact) mass is 663 g/mol. The average molecular weight is 664 g/mol. The van der Waals surface area contributed by atoms with Crippen LogP contribution < -0.4 is 4.90 Å². The van der Waals surface area contributed by atoms with Crippen LogP contribution in [0.15, 0.2) is 205 Å². The largest absolute Gasteiger partial charge is 0.456 e. The smallest absolute Gasteiger partial charge is 0.136 e. The molecule has 0 saturated carbocycles. The highest BCUT2D eigenvalue weighted by Crippen LogP contribution is 2.43. The average Bonchev–Trinajstić information content (AvgIpc) is 3.59. The number of para-hydroxylation sites is 2. The zero-order valence-electron chi connectivity index (χ0n) is 28.4. The molecule has 1 heterocycles. The molecule has 0 bridgehead atoms. The maximum atomic E-state index is 6.34. The summed E-state index contributed by atoms with van der Waals surface area (Å²) in [5.41, 5.74) is 12.1. The predicted molar refractivity (Wildman–Crippen MR) is 220 cm³/mol. The Morgan fingerprint density at radius 3 is 1.71 bits per heavy atom. The van der Waals surface area contributed by atoms with Gasteiger partial charge in [0.25, 0.3) is 0 Å². The first-order valence-electron chi connectivity index (χ1n) is 17.8. The lowest BCUT2D eigenvalue weighted by Gasteiger charge is -2.28. The molecule has 0 saturated heterocycles. The van der Waals surface area contributed by atoms with E-state index >= 15 is 0 Å². The lowest BCUT2D eigenvalue weighted by Crippen LogP contribution is -2.11. The topological polar surface area (TPSA) is 16.4 Å². The van der Waals surface area contributed by atoms with Crippen molar-refractivity contribution in [2.75, 3.05) is 4.90 Å². The van der Waals surface area contributed by atoms with Crippen molar-refractivity contribution in [2.45, 2.75) is 0 Å². The Morgan fingerprint density at radius 1 is 0.308 bits per heavy atom. The number of fused-ring (bicyclic) bond motifs is 5. The standard InChI is InChI=1S/C50H33NO/c1-2-12-38-32-39(21-20-34(38)10-1)35-22-27-41(28-23-35)51(42-29-24-37(25-30-42)44-17-9-13-36-11-3-4-14-43(36)44)48-18-7-5-15-45(48)40-26-31-47-46-16-6-8-19-49(46)52-50(47)33-40/h1-33H. The van der Waals surface area contributed by atoms with Crippen molar-refractivity contribution in [2.24, 2.45) is 0 Å². The van der Waals surface area contributed by atoms with Crippen molar-refractivity contribution in [3.05, 3.63) is 200 Å². The molecule has 0 amide bonds. The highest BCUT2D eigenvalue weighted by molar-refractivity contribution is 6.06. The summed E-state index contributed by atoms with van der Waals surface area (Å²) in [6.07, 6.45) is 0. The van der Waals surface area contributed by atoms with Gasteiger partial charge in [-0.15, -0.1) is 0 Å². The minimum Gasteiger partial charge on any atom is -0.456 e. The van der Waals surface area contributed by atoms with Gasteiger partial charge in [-0.25, -0.2) is 0 Å². The molecular formula is C50H33NO. The second-order valence-corrected chi connectivity index (χ2v) is 13.3. The molecule has 10 aromatic rings. The SMILES string of the molecule is c1ccc(N(c2ccc(-c3ccc4ccccc4c3)cc2)c2ccc(-c3cccc4ccccc34)cc2)c(-c2ccc3c(c2)oc2ccccc23)c1. The molecule has 2 heteroatoms. The van der Waals surface area contributed by atoms with Crippen LogP contribution in [0.3, 0.4) is 0 Å². The number of rotatable bonds is 6. The minimum absolute atomic E-state index is 0.888. The molecule has 0 aliphatic heterocycles. The van der Waals surface area contributed by atoms with Gasteiger partial charge in [-0.2, -0.15) is 0 Å². The Hall–Kier alpha value is -6.90. The highest BCUT2D eigenvalue weighted by Gasteiger charge is 2.19. The van der Waals surface area contributed by atoms with E-state index in [2.05, 4.69) is 193 Å². The summed E-state index contributed by atoms with van der Waals surface area (Å²) in [5, 5.41) is 7.25. The van der Waals surface area contributed by atoms with Crippen molar-refractivity contribution in [3.63, 3.8) is 0 Å². The summed E-state index contributed by atoms with van der Waals surface area (Å²) >= 11 is 0. The van der Waals surface area contributed by atoms with Gasteiger partial charge in [0.05, 0.1) is 5.69 Å². The van der Waals surface area contributed by atoms with Gasteiger partial charge in [0, 0.05) is 27.7 Å². The molecule has 0 atom stereocenters. The Bertz CT molecular complexity index is 2890. The number of anilines is 3. The lowest BCUT2D eigenvalue weighted by atomic mass is 9.97. The molecule has 10 rings (SSSR count). The molecule has 0 spiro atoms. The van der Waals surface area contributed by atoms with Crippen LogP contribution in [-0.4, -0.2) is 0 Å². The maximum absolute atomic E-state index is 6.34. The zero-order valence-corrected chi connectivity index (χ0v) is 28.4. The summed E-state index contributed by atoms with van der Waals surface area (Å²) in [4.78, 5) is 2.37. The third-order valence-corrected chi connectivity index (χ3v) is 10.3. The Labute approximate surface area is 302 Å². The van der Waals surface area contributed by atoms with Crippen LogP contribution in [0.25, 0.3) is 76.9 Å². The van der Waals surface area contributed by atoms with Crippen molar-refractivity contribution in [1.82, 2.24) is 0 Å². The molecule has 0 aliphatic rings. The normalized spacial score (nSPS) is 11.5. The molecule has 0 unspecified atom stereocenters. The van der Waals surface area contributed by atoms with Crippen LogP contribution in [0.4, 0.5) is 17.1 Å². The highest BCUT2D eigenvalue weighted by atomic mass is 16.3. The number of hydrogen-bond donors (Lipinski definition) is 0. The summed E-state index contributed by atoms with van der Waals surface area (Å²) in [5.74, 6) is 0. The fourth-order valence-corrected chi connectivity index (χ4v) is 7.67. The van der Waals surface area contributed by atoms with Crippen LogP contribution in [0, 0.1) is 0 Å². The first kappa shape index (κ1) is 30.0. The van der Waals surface area contributed by atoms with E-state index in [0.29, 0.717) is 0 Å². The molecule has 0 aliphatic carbocycles. The molecule has 0 fully saturated rings. The van der Waals surface area contributed by atoms with Crippen LogP contribution in [0.1, 0.15) is 0 Å². The van der Waals surface area contributed by atoms with E-state index in [9.17, 15) is 0 Å². The molecule has 244 valence electrons. The van der Waals surface area contributed by atoms with E-state index in [1.165, 1.54) is 43.8 Å². The summed E-state index contributed by atoms with van der Waals surface area (Å²) < 4.78 is 6.34. The van der Waals surface area contributed by atoms with Gasteiger partial charge >= 0.3 is 0 Å². The Morgan fingerprint density at radius 2 is 0.885 bits per heavy atom. The molecule has 0 radical (unpaired) electrons. The van der Waals surface area contributed by atoms with Gasteiger partial charge in [0.15, 0.2) is 0 Å². The predicted octanol–water partition coefficient (Wildman–Crippen LogP) is 14.4. The van der Waals surface area contributed by atoms with E-state index in [-0.39, 0.29) is 0 Å². The molecule has 9 aromatic carbocycles. The van der Waals surface area contributed by atoms with Gasteiger partial charge < -0.3 is 9.32 Å². The van der Waals surface area contributed by atoms with E-state index in [1.807, 2.05) is 12.1 Å². The second-order valence-electron chi connectivity index (χ2n) is 13.3.